The van der Waals surface area contributed by atoms with Gasteiger partial charge in [0.05, 0.1) is 0 Å². The standard InChI is InChI=1S/C12H17ClS/c1-9-3-2-4-11(9)12(13)7-10-5-6-14-8-10/h5-6,8-9,11-12H,2-4,7H2,1H3. The summed E-state index contributed by atoms with van der Waals surface area (Å²) in [5.74, 6) is 1.58. The van der Waals surface area contributed by atoms with Crippen molar-refractivity contribution >= 4 is 22.9 Å². The van der Waals surface area contributed by atoms with Crippen LogP contribution in [0.3, 0.4) is 0 Å². The first-order chi connectivity index (χ1) is 6.77. The van der Waals surface area contributed by atoms with Crippen LogP contribution in [0.15, 0.2) is 16.8 Å². The Labute approximate surface area is 95.3 Å². The van der Waals surface area contributed by atoms with Crippen molar-refractivity contribution in [1.82, 2.24) is 0 Å². The third-order valence-corrected chi connectivity index (χ3v) is 4.61. The number of rotatable bonds is 3. The Morgan fingerprint density at radius 2 is 2.43 bits per heavy atom. The largest absolute Gasteiger partial charge is 0.152 e. The Bertz CT molecular complexity index is 268. The van der Waals surface area contributed by atoms with Gasteiger partial charge in [-0.05, 0) is 47.1 Å². The van der Waals surface area contributed by atoms with Crippen molar-refractivity contribution in [3.8, 4) is 0 Å². The molecule has 1 aromatic heterocycles. The van der Waals surface area contributed by atoms with E-state index in [2.05, 4.69) is 23.8 Å². The lowest BCUT2D eigenvalue weighted by Gasteiger charge is -2.20. The zero-order valence-electron chi connectivity index (χ0n) is 8.58. The SMILES string of the molecule is CC1CCCC1C(Cl)Cc1ccsc1. The molecule has 0 radical (unpaired) electrons. The normalized spacial score (nSPS) is 29.3. The van der Waals surface area contributed by atoms with Crippen LogP contribution in [0, 0.1) is 11.8 Å². The van der Waals surface area contributed by atoms with E-state index in [1.165, 1.54) is 24.8 Å². The van der Waals surface area contributed by atoms with Crippen LogP contribution >= 0.6 is 22.9 Å². The number of halogens is 1. The summed E-state index contributed by atoms with van der Waals surface area (Å²) in [6, 6.07) is 2.19. The first-order valence-corrected chi connectivity index (χ1v) is 6.80. The molecule has 1 aromatic rings. The summed E-state index contributed by atoms with van der Waals surface area (Å²) in [6.07, 6.45) is 5.13. The molecule has 2 rings (SSSR count). The minimum Gasteiger partial charge on any atom is -0.152 e. The van der Waals surface area contributed by atoms with Gasteiger partial charge in [0.25, 0.3) is 0 Å². The molecule has 0 N–H and O–H groups in total. The number of alkyl halides is 1. The van der Waals surface area contributed by atoms with E-state index in [1.54, 1.807) is 11.3 Å². The lowest BCUT2D eigenvalue weighted by atomic mass is 9.91. The summed E-state index contributed by atoms with van der Waals surface area (Å²) in [5, 5.41) is 4.70. The van der Waals surface area contributed by atoms with E-state index < -0.39 is 0 Å². The first kappa shape index (κ1) is 10.5. The van der Waals surface area contributed by atoms with Gasteiger partial charge in [-0.1, -0.05) is 19.8 Å². The number of hydrogen-bond acceptors (Lipinski definition) is 1. The maximum Gasteiger partial charge on any atom is 0.0407 e. The summed E-state index contributed by atoms with van der Waals surface area (Å²) in [4.78, 5) is 0. The summed E-state index contributed by atoms with van der Waals surface area (Å²) in [6.45, 7) is 2.35. The van der Waals surface area contributed by atoms with Gasteiger partial charge in [-0.25, -0.2) is 0 Å². The molecular weight excluding hydrogens is 212 g/mol. The minimum atomic E-state index is 0.349. The molecule has 3 atom stereocenters. The van der Waals surface area contributed by atoms with Crippen LogP contribution < -0.4 is 0 Å². The van der Waals surface area contributed by atoms with E-state index in [0.717, 1.165) is 18.3 Å². The molecule has 78 valence electrons. The van der Waals surface area contributed by atoms with E-state index in [0.29, 0.717) is 5.38 Å². The fourth-order valence-corrected chi connectivity index (χ4v) is 3.73. The summed E-state index contributed by atoms with van der Waals surface area (Å²) in [7, 11) is 0. The highest BCUT2D eigenvalue weighted by Crippen LogP contribution is 2.37. The second kappa shape index (κ2) is 4.67. The van der Waals surface area contributed by atoms with Crippen molar-refractivity contribution in [2.75, 3.05) is 0 Å². The maximum absolute atomic E-state index is 6.48. The third-order valence-electron chi connectivity index (χ3n) is 3.40. The topological polar surface area (TPSA) is 0 Å². The molecule has 0 aliphatic heterocycles. The molecule has 1 aliphatic carbocycles. The molecule has 14 heavy (non-hydrogen) atoms. The Kier molecular flexibility index (Phi) is 3.51. The molecule has 0 amide bonds. The highest BCUT2D eigenvalue weighted by atomic mass is 35.5. The highest BCUT2D eigenvalue weighted by molar-refractivity contribution is 7.07. The molecule has 0 nitrogen and oxygen atoms in total. The van der Waals surface area contributed by atoms with Crippen LogP contribution in [0.5, 0.6) is 0 Å². The molecule has 1 aliphatic rings. The Morgan fingerprint density at radius 3 is 3.00 bits per heavy atom. The van der Waals surface area contributed by atoms with Crippen LogP contribution in [0.25, 0.3) is 0 Å². The average Bonchev–Trinajstić information content (AvgIpc) is 2.75. The van der Waals surface area contributed by atoms with Gasteiger partial charge in [-0.3, -0.25) is 0 Å². The van der Waals surface area contributed by atoms with Gasteiger partial charge in [-0.15, -0.1) is 11.6 Å². The molecule has 0 bridgehead atoms. The van der Waals surface area contributed by atoms with E-state index in [9.17, 15) is 0 Å². The zero-order valence-corrected chi connectivity index (χ0v) is 10.2. The van der Waals surface area contributed by atoms with Crippen LogP contribution in [0.1, 0.15) is 31.7 Å². The Balaban J connectivity index is 1.92. The van der Waals surface area contributed by atoms with Crippen molar-refractivity contribution in [1.29, 1.82) is 0 Å². The monoisotopic (exact) mass is 228 g/mol. The van der Waals surface area contributed by atoms with E-state index >= 15 is 0 Å². The third kappa shape index (κ3) is 2.32. The lowest BCUT2D eigenvalue weighted by Crippen LogP contribution is -2.19. The maximum atomic E-state index is 6.48. The summed E-state index contributed by atoms with van der Waals surface area (Å²) >= 11 is 8.24. The van der Waals surface area contributed by atoms with E-state index in [-0.39, 0.29) is 0 Å². The van der Waals surface area contributed by atoms with Crippen molar-refractivity contribution < 1.29 is 0 Å². The summed E-state index contributed by atoms with van der Waals surface area (Å²) < 4.78 is 0. The lowest BCUT2D eigenvalue weighted by molar-refractivity contribution is 0.398. The van der Waals surface area contributed by atoms with Crippen LogP contribution in [-0.2, 0) is 6.42 Å². The van der Waals surface area contributed by atoms with E-state index in [4.69, 9.17) is 11.6 Å². The highest BCUT2D eigenvalue weighted by Gasteiger charge is 2.29. The van der Waals surface area contributed by atoms with Crippen LogP contribution in [0.4, 0.5) is 0 Å². The molecule has 2 heteroatoms. The Hall–Kier alpha value is -0.0100. The second-order valence-corrected chi connectivity index (χ2v) is 5.76. The van der Waals surface area contributed by atoms with Crippen molar-refractivity contribution in [2.45, 2.75) is 38.0 Å². The van der Waals surface area contributed by atoms with Crippen LogP contribution in [0.2, 0.25) is 0 Å². The average molecular weight is 229 g/mol. The smallest absolute Gasteiger partial charge is 0.0407 e. The van der Waals surface area contributed by atoms with Crippen molar-refractivity contribution in [3.05, 3.63) is 22.4 Å². The van der Waals surface area contributed by atoms with Gasteiger partial charge in [0.1, 0.15) is 0 Å². The van der Waals surface area contributed by atoms with Crippen molar-refractivity contribution in [2.24, 2.45) is 11.8 Å². The number of hydrogen-bond donors (Lipinski definition) is 0. The summed E-state index contributed by atoms with van der Waals surface area (Å²) in [5.41, 5.74) is 1.41. The van der Waals surface area contributed by atoms with Gasteiger partial charge < -0.3 is 0 Å². The number of thiophene rings is 1. The molecule has 1 heterocycles. The predicted octanol–water partition coefficient (Wildman–Crippen LogP) is 4.33. The molecular formula is C12H17ClS. The molecule has 0 spiro atoms. The quantitative estimate of drug-likeness (QED) is 0.676. The van der Waals surface area contributed by atoms with Gasteiger partial charge in [0.2, 0.25) is 0 Å². The van der Waals surface area contributed by atoms with E-state index in [1.807, 2.05) is 0 Å². The predicted molar refractivity (Wildman–Crippen MR) is 64.2 cm³/mol. The zero-order chi connectivity index (χ0) is 9.97. The van der Waals surface area contributed by atoms with Gasteiger partial charge >= 0.3 is 0 Å². The van der Waals surface area contributed by atoms with Crippen molar-refractivity contribution in [3.63, 3.8) is 0 Å². The molecule has 1 fully saturated rings. The van der Waals surface area contributed by atoms with Gasteiger partial charge in [0, 0.05) is 5.38 Å². The second-order valence-electron chi connectivity index (χ2n) is 4.42. The molecule has 0 saturated heterocycles. The molecule has 3 unspecified atom stereocenters. The molecule has 0 aromatic carbocycles. The fraction of sp³-hybridized carbons (Fsp3) is 0.667. The fourth-order valence-electron chi connectivity index (χ4n) is 2.50. The Morgan fingerprint density at radius 1 is 1.57 bits per heavy atom. The van der Waals surface area contributed by atoms with Crippen LogP contribution in [-0.4, -0.2) is 5.38 Å². The first-order valence-electron chi connectivity index (χ1n) is 5.42. The van der Waals surface area contributed by atoms with Gasteiger partial charge in [0.15, 0.2) is 0 Å². The minimum absolute atomic E-state index is 0.349. The molecule has 1 saturated carbocycles. The van der Waals surface area contributed by atoms with Gasteiger partial charge in [-0.2, -0.15) is 11.3 Å².